The Balaban J connectivity index is 0.956. The minimum Gasteiger partial charge on any atom is -0.463 e. The topological polar surface area (TPSA) is 105 Å². The Morgan fingerprint density at radius 1 is 0.758 bits per heavy atom. The zero-order valence-electron chi connectivity index (χ0n) is 40.8. The van der Waals surface area contributed by atoms with Crippen molar-refractivity contribution in [3.63, 3.8) is 0 Å². The van der Waals surface area contributed by atoms with Crippen LogP contribution in [-0.2, 0) is 19.0 Å². The number of hydrogen-bond acceptors (Lipinski definition) is 7. The maximum atomic E-state index is 12.7. The number of aliphatic hydroxyl groups excluding tert-OH is 3. The fourth-order valence-corrected chi connectivity index (χ4v) is 13.4. The average molecular weight is 869 g/mol. The van der Waals surface area contributed by atoms with Crippen LogP contribution in [0.5, 0.6) is 0 Å². The van der Waals surface area contributed by atoms with Crippen molar-refractivity contribution >= 4 is 5.97 Å². The van der Waals surface area contributed by atoms with Crippen LogP contribution >= 0.6 is 0 Å². The van der Waals surface area contributed by atoms with E-state index in [-0.39, 0.29) is 24.1 Å². The molecule has 13 unspecified atom stereocenters. The van der Waals surface area contributed by atoms with Gasteiger partial charge in [0.05, 0.1) is 6.10 Å². The molecule has 0 amide bonds. The third-order valence-corrected chi connectivity index (χ3v) is 17.3. The summed E-state index contributed by atoms with van der Waals surface area (Å²) in [7, 11) is 0. The number of ether oxygens (including phenoxy) is 3. The van der Waals surface area contributed by atoms with E-state index in [1.807, 2.05) is 0 Å². The first-order valence-corrected chi connectivity index (χ1v) is 26.7. The summed E-state index contributed by atoms with van der Waals surface area (Å²) in [5.41, 5.74) is 2.14. The largest absolute Gasteiger partial charge is 0.463 e. The quantitative estimate of drug-likeness (QED) is 0.0408. The van der Waals surface area contributed by atoms with Gasteiger partial charge < -0.3 is 29.5 Å². The molecule has 7 nitrogen and oxygen atoms in total. The lowest BCUT2D eigenvalue weighted by Crippen LogP contribution is -2.60. The first-order chi connectivity index (χ1) is 29.9. The highest BCUT2D eigenvalue weighted by Gasteiger charge is 2.59. The SMILES string of the molecule is CCCCCCCC/C=C\CCCCCCCCCCCC(=O)OCC1OC(OC2CCC3(C)C(=CCC4C3CCC3(C)C(C(C)CCCC(C)C)CCC43)C2)C(O)C(O)C1O. The number of hydrogen-bond donors (Lipinski definition) is 3. The molecule has 0 radical (unpaired) electrons. The summed E-state index contributed by atoms with van der Waals surface area (Å²) in [5.74, 6) is 4.44. The van der Waals surface area contributed by atoms with Crippen molar-refractivity contribution in [3.8, 4) is 0 Å². The molecule has 358 valence electrons. The van der Waals surface area contributed by atoms with Crippen LogP contribution in [-0.4, -0.2) is 64.7 Å². The van der Waals surface area contributed by atoms with Crippen LogP contribution in [0.2, 0.25) is 0 Å². The molecule has 1 saturated heterocycles. The minimum absolute atomic E-state index is 0.139. The predicted octanol–water partition coefficient (Wildman–Crippen LogP) is 13.4. The van der Waals surface area contributed by atoms with Gasteiger partial charge in [0.25, 0.3) is 0 Å². The van der Waals surface area contributed by atoms with Gasteiger partial charge in [0.1, 0.15) is 31.0 Å². The van der Waals surface area contributed by atoms with Crippen LogP contribution < -0.4 is 0 Å². The summed E-state index contributed by atoms with van der Waals surface area (Å²) >= 11 is 0. The van der Waals surface area contributed by atoms with Gasteiger partial charge in [-0.15, -0.1) is 0 Å². The number of allylic oxidation sites excluding steroid dienone is 3. The van der Waals surface area contributed by atoms with Gasteiger partial charge in [-0.25, -0.2) is 0 Å². The van der Waals surface area contributed by atoms with Crippen LogP contribution in [0.3, 0.4) is 0 Å². The van der Waals surface area contributed by atoms with Crippen molar-refractivity contribution < 1.29 is 34.3 Å². The summed E-state index contributed by atoms with van der Waals surface area (Å²) in [6.07, 6.45) is 36.0. The van der Waals surface area contributed by atoms with Crippen molar-refractivity contribution in [1.29, 1.82) is 0 Å². The zero-order chi connectivity index (χ0) is 44.5. The van der Waals surface area contributed by atoms with E-state index in [0.29, 0.717) is 17.8 Å². The number of fused-ring (bicyclic) bond motifs is 5. The summed E-state index contributed by atoms with van der Waals surface area (Å²) in [6, 6.07) is 0. The molecular formula is C55H96O7. The molecule has 4 fully saturated rings. The zero-order valence-corrected chi connectivity index (χ0v) is 40.8. The Kier molecular flexibility index (Phi) is 21.8. The van der Waals surface area contributed by atoms with Crippen LogP contribution in [0.1, 0.15) is 228 Å². The van der Waals surface area contributed by atoms with Gasteiger partial charge in [-0.1, -0.05) is 162 Å². The van der Waals surface area contributed by atoms with E-state index in [4.69, 9.17) is 14.2 Å². The monoisotopic (exact) mass is 869 g/mol. The number of carbonyl (C=O) groups excluding carboxylic acids is 1. The molecule has 1 aliphatic heterocycles. The van der Waals surface area contributed by atoms with Crippen LogP contribution in [0.25, 0.3) is 0 Å². The number of esters is 1. The molecule has 1 heterocycles. The van der Waals surface area contributed by atoms with E-state index in [1.165, 1.54) is 140 Å². The lowest BCUT2D eigenvalue weighted by Gasteiger charge is -2.58. The molecule has 0 aromatic rings. The molecule has 3 saturated carbocycles. The van der Waals surface area contributed by atoms with E-state index < -0.39 is 30.7 Å². The molecule has 0 bridgehead atoms. The lowest BCUT2D eigenvalue weighted by atomic mass is 9.47. The second kappa shape index (κ2) is 26.2. The minimum atomic E-state index is -1.44. The Bertz CT molecular complexity index is 1340. The highest BCUT2D eigenvalue weighted by Crippen LogP contribution is 2.67. The standard InChI is InChI=1S/C55H96O7/c1-7-8-9-10-11-12-13-14-15-16-17-18-19-20-21-22-23-24-25-29-49(56)60-39-48-50(57)51(58)52(59)53(62-48)61-43-34-36-54(5)42(38-43)30-31-44-46-33-32-45(41(4)28-26-27-40(2)3)55(46,6)37-35-47(44)54/h14-15,30,40-41,43-48,50-53,57-59H,7-13,16-29,31-39H2,1-6H3/b15-14-. The van der Waals surface area contributed by atoms with E-state index in [2.05, 4.69) is 59.8 Å². The van der Waals surface area contributed by atoms with Gasteiger partial charge in [-0.05, 0) is 130 Å². The smallest absolute Gasteiger partial charge is 0.305 e. The van der Waals surface area contributed by atoms with Crippen molar-refractivity contribution in [3.05, 3.63) is 23.8 Å². The lowest BCUT2D eigenvalue weighted by molar-refractivity contribution is -0.313. The van der Waals surface area contributed by atoms with Crippen LogP contribution in [0.4, 0.5) is 0 Å². The third-order valence-electron chi connectivity index (χ3n) is 17.3. The maximum Gasteiger partial charge on any atom is 0.305 e. The number of aliphatic hydroxyl groups is 3. The molecule has 62 heavy (non-hydrogen) atoms. The van der Waals surface area contributed by atoms with Gasteiger partial charge in [-0.2, -0.15) is 0 Å². The van der Waals surface area contributed by atoms with E-state index >= 15 is 0 Å². The summed E-state index contributed by atoms with van der Waals surface area (Å²) in [5, 5.41) is 32.6. The van der Waals surface area contributed by atoms with Gasteiger partial charge in [0, 0.05) is 6.42 Å². The fraction of sp³-hybridized carbons (Fsp3) is 0.909. The van der Waals surface area contributed by atoms with E-state index in [1.54, 1.807) is 0 Å². The third kappa shape index (κ3) is 14.4. The molecule has 7 heteroatoms. The predicted molar refractivity (Wildman–Crippen MR) is 253 cm³/mol. The molecule has 0 aromatic heterocycles. The molecule has 0 aromatic carbocycles. The fourth-order valence-electron chi connectivity index (χ4n) is 13.4. The van der Waals surface area contributed by atoms with Gasteiger partial charge in [0.2, 0.25) is 0 Å². The second-order valence-corrected chi connectivity index (χ2v) is 22.2. The van der Waals surface area contributed by atoms with Crippen LogP contribution in [0, 0.1) is 46.3 Å². The van der Waals surface area contributed by atoms with Gasteiger partial charge in [0.15, 0.2) is 6.29 Å². The Labute approximate surface area is 380 Å². The molecule has 0 spiro atoms. The van der Waals surface area contributed by atoms with Crippen molar-refractivity contribution in [2.24, 2.45) is 46.3 Å². The Morgan fingerprint density at radius 2 is 1.40 bits per heavy atom. The van der Waals surface area contributed by atoms with Crippen molar-refractivity contribution in [2.75, 3.05) is 6.61 Å². The number of unbranched alkanes of at least 4 members (excludes halogenated alkanes) is 15. The molecule has 13 atom stereocenters. The highest BCUT2D eigenvalue weighted by atomic mass is 16.7. The van der Waals surface area contributed by atoms with Crippen LogP contribution in [0.15, 0.2) is 23.8 Å². The molecule has 3 N–H and O–H groups in total. The number of rotatable bonds is 28. The first-order valence-electron chi connectivity index (χ1n) is 26.7. The summed E-state index contributed by atoms with van der Waals surface area (Å²) < 4.78 is 18.1. The van der Waals surface area contributed by atoms with Gasteiger partial charge >= 0.3 is 5.97 Å². The normalized spacial score (nSPS) is 35.1. The average Bonchev–Trinajstić information content (AvgIpc) is 3.61. The molecule has 5 rings (SSSR count). The molecular weight excluding hydrogens is 773 g/mol. The van der Waals surface area contributed by atoms with Crippen molar-refractivity contribution in [1.82, 2.24) is 0 Å². The highest BCUT2D eigenvalue weighted by molar-refractivity contribution is 5.69. The first kappa shape index (κ1) is 51.7. The number of carbonyl (C=O) groups is 1. The second-order valence-electron chi connectivity index (χ2n) is 22.2. The summed E-state index contributed by atoms with van der Waals surface area (Å²) in [6.45, 7) is 14.5. The Morgan fingerprint density at radius 3 is 2.06 bits per heavy atom. The molecule has 5 aliphatic rings. The van der Waals surface area contributed by atoms with Crippen molar-refractivity contribution in [2.45, 2.75) is 265 Å². The van der Waals surface area contributed by atoms with E-state index in [9.17, 15) is 20.1 Å². The van der Waals surface area contributed by atoms with Gasteiger partial charge in [-0.3, -0.25) is 4.79 Å². The van der Waals surface area contributed by atoms with E-state index in [0.717, 1.165) is 74.5 Å². The maximum absolute atomic E-state index is 12.7. The molecule has 4 aliphatic carbocycles. The Hall–Kier alpha value is -1.25. The summed E-state index contributed by atoms with van der Waals surface area (Å²) in [4.78, 5) is 12.7.